The van der Waals surface area contributed by atoms with Crippen molar-refractivity contribution in [1.29, 1.82) is 0 Å². The number of hydrogen-bond donors (Lipinski definition) is 1. The summed E-state index contributed by atoms with van der Waals surface area (Å²) in [6.45, 7) is 6.83. The van der Waals surface area contributed by atoms with Gasteiger partial charge in [-0.1, -0.05) is 37.6 Å². The number of ether oxygens (including phenoxy) is 5. The van der Waals surface area contributed by atoms with Crippen molar-refractivity contribution < 1.29 is 43.2 Å². The average Bonchev–Trinajstić information content (AvgIpc) is 3.62. The summed E-state index contributed by atoms with van der Waals surface area (Å²) in [5.74, 6) is -1.97. The van der Waals surface area contributed by atoms with Gasteiger partial charge in [-0.2, -0.15) is 0 Å². The Morgan fingerprint density at radius 1 is 1.03 bits per heavy atom. The van der Waals surface area contributed by atoms with Crippen molar-refractivity contribution in [3.05, 3.63) is 36.0 Å². The van der Waals surface area contributed by atoms with Crippen molar-refractivity contribution in [2.75, 3.05) is 19.8 Å². The number of aliphatic hydroxyl groups is 1. The lowest BCUT2D eigenvalue weighted by atomic mass is 9.57. The van der Waals surface area contributed by atoms with Crippen molar-refractivity contribution in [3.63, 3.8) is 0 Å². The van der Waals surface area contributed by atoms with Gasteiger partial charge >= 0.3 is 17.9 Å². The smallest absolute Gasteiger partial charge is 0.334 e. The lowest BCUT2D eigenvalue weighted by Crippen LogP contribution is -2.60. The Kier molecular flexibility index (Phi) is 7.06. The van der Waals surface area contributed by atoms with Crippen molar-refractivity contribution >= 4 is 17.9 Å². The van der Waals surface area contributed by atoms with Gasteiger partial charge in [-0.25, -0.2) is 14.4 Å². The maximum atomic E-state index is 12.8. The van der Waals surface area contributed by atoms with Crippen LogP contribution in [0.5, 0.6) is 0 Å². The molecule has 0 aromatic rings. The van der Waals surface area contributed by atoms with E-state index in [0.717, 1.165) is 5.57 Å². The second kappa shape index (κ2) is 10.0. The van der Waals surface area contributed by atoms with Gasteiger partial charge in [0.05, 0.1) is 32.0 Å². The first-order valence-corrected chi connectivity index (χ1v) is 13.2. The van der Waals surface area contributed by atoms with Gasteiger partial charge in [0.15, 0.2) is 6.10 Å². The SMILES string of the molecule is CC1=CC2OC3C[C@@H]4OC(=O)/C=C\C=C\C(=O)OCC[C@@H](C)C[C@H](O)C(=O)OCC(C1)C2[C@]4(C)[C@]31CO1. The van der Waals surface area contributed by atoms with Gasteiger partial charge in [0.25, 0.3) is 0 Å². The highest BCUT2D eigenvalue weighted by atomic mass is 16.6. The minimum Gasteiger partial charge on any atom is -0.463 e. The Morgan fingerprint density at radius 2 is 1.76 bits per heavy atom. The third kappa shape index (κ3) is 4.77. The zero-order valence-corrected chi connectivity index (χ0v) is 21.6. The standard InChI is InChI=1S/C28H36O9/c1-16-8-9-33-23(30)6-4-5-7-24(31)37-21-13-22-28(15-35-28)27(21,3)25-18(10-17(2)12-20(25)36-22)14-34-26(32)19(29)11-16/h4-7,12,16,18-22,25,29H,8-11,13-15H2,1-3H3/b6-4+,7-5-/t16-,18?,19+,20?,21+,22?,25?,27-,28+/m1/s1. The van der Waals surface area contributed by atoms with Gasteiger partial charge in [-0.15, -0.1) is 0 Å². The van der Waals surface area contributed by atoms with Crippen LogP contribution in [0.25, 0.3) is 0 Å². The zero-order chi connectivity index (χ0) is 26.4. The van der Waals surface area contributed by atoms with E-state index >= 15 is 0 Å². The number of carbonyl (C=O) groups excluding carboxylic acids is 3. The van der Waals surface area contributed by atoms with Crippen LogP contribution in [0.2, 0.25) is 0 Å². The molecule has 0 aromatic heterocycles. The van der Waals surface area contributed by atoms with Crippen molar-refractivity contribution in [3.8, 4) is 0 Å². The summed E-state index contributed by atoms with van der Waals surface area (Å²) in [5, 5.41) is 10.5. The Hall–Kier alpha value is -2.49. The normalized spacial score (nSPS) is 46.2. The van der Waals surface area contributed by atoms with E-state index < -0.39 is 41.1 Å². The topological polar surface area (TPSA) is 121 Å². The number of rotatable bonds is 0. The summed E-state index contributed by atoms with van der Waals surface area (Å²) in [6, 6.07) is 0. The van der Waals surface area contributed by atoms with Crippen molar-refractivity contribution in [1.82, 2.24) is 0 Å². The van der Waals surface area contributed by atoms with Crippen LogP contribution >= 0.6 is 0 Å². The van der Waals surface area contributed by atoms with E-state index in [9.17, 15) is 19.5 Å². The molecule has 202 valence electrons. The van der Waals surface area contributed by atoms with Crippen LogP contribution in [0.3, 0.4) is 0 Å². The fraction of sp³-hybridized carbons (Fsp3) is 0.679. The summed E-state index contributed by atoms with van der Waals surface area (Å²) in [4.78, 5) is 37.4. The van der Waals surface area contributed by atoms with Crippen molar-refractivity contribution in [2.24, 2.45) is 23.2 Å². The molecule has 0 radical (unpaired) electrons. The molecule has 3 aliphatic heterocycles. The van der Waals surface area contributed by atoms with Crippen LogP contribution in [0.4, 0.5) is 0 Å². The second-order valence-electron chi connectivity index (χ2n) is 11.4. The number of epoxide rings is 1. The number of cyclic esters (lactones) is 2. The van der Waals surface area contributed by atoms with Crippen molar-refractivity contribution in [2.45, 2.75) is 76.5 Å². The highest BCUT2D eigenvalue weighted by Crippen LogP contribution is 2.68. The van der Waals surface area contributed by atoms with E-state index in [1.165, 1.54) is 24.3 Å². The molecule has 9 nitrogen and oxygen atoms in total. The zero-order valence-electron chi connectivity index (χ0n) is 21.6. The molecule has 2 saturated heterocycles. The maximum absolute atomic E-state index is 12.8. The van der Waals surface area contributed by atoms with Crippen LogP contribution in [0.1, 0.15) is 46.5 Å². The Morgan fingerprint density at radius 3 is 2.49 bits per heavy atom. The lowest BCUT2D eigenvalue weighted by Gasteiger charge is -2.52. The van der Waals surface area contributed by atoms with Crippen LogP contribution < -0.4 is 0 Å². The summed E-state index contributed by atoms with van der Waals surface area (Å²) >= 11 is 0. The molecule has 3 heterocycles. The van der Waals surface area contributed by atoms with Gasteiger partial charge in [0, 0.05) is 35.8 Å². The summed E-state index contributed by atoms with van der Waals surface area (Å²) in [6.07, 6.45) is 7.34. The Balaban J connectivity index is 1.44. The number of hydrogen-bond acceptors (Lipinski definition) is 9. The fourth-order valence-corrected chi connectivity index (χ4v) is 6.96. The third-order valence-electron chi connectivity index (χ3n) is 8.92. The number of carbonyl (C=O) groups is 3. The molecule has 2 aliphatic carbocycles. The Labute approximate surface area is 216 Å². The lowest BCUT2D eigenvalue weighted by molar-refractivity contribution is -0.189. The number of esters is 3. The van der Waals surface area contributed by atoms with E-state index in [0.29, 0.717) is 25.9 Å². The molecular formula is C28H36O9. The maximum Gasteiger partial charge on any atom is 0.334 e. The fourth-order valence-electron chi connectivity index (χ4n) is 6.96. The number of allylic oxidation sites excluding steroid dienone is 3. The molecule has 1 spiro atoms. The highest BCUT2D eigenvalue weighted by Gasteiger charge is 2.79. The highest BCUT2D eigenvalue weighted by molar-refractivity contribution is 5.84. The largest absolute Gasteiger partial charge is 0.463 e. The third-order valence-corrected chi connectivity index (χ3v) is 8.92. The van der Waals surface area contributed by atoms with E-state index in [4.69, 9.17) is 23.7 Å². The molecular weight excluding hydrogens is 480 g/mol. The molecule has 1 saturated carbocycles. The van der Waals surface area contributed by atoms with Crippen LogP contribution in [0.15, 0.2) is 36.0 Å². The summed E-state index contributed by atoms with van der Waals surface area (Å²) < 4.78 is 29.4. The van der Waals surface area contributed by atoms with E-state index in [1.807, 2.05) is 13.8 Å². The van der Waals surface area contributed by atoms with Gasteiger partial charge in [-0.3, -0.25) is 0 Å². The molecule has 9 atom stereocenters. The first-order valence-electron chi connectivity index (χ1n) is 13.2. The monoisotopic (exact) mass is 516 g/mol. The number of aliphatic hydroxyl groups excluding tert-OH is 1. The van der Waals surface area contributed by atoms with E-state index in [-0.39, 0.29) is 49.6 Å². The first kappa shape index (κ1) is 26.1. The average molecular weight is 517 g/mol. The van der Waals surface area contributed by atoms with Crippen LogP contribution in [0, 0.1) is 23.2 Å². The molecule has 3 fully saturated rings. The Bertz CT molecular complexity index is 1020. The van der Waals surface area contributed by atoms with Gasteiger partial charge in [0.2, 0.25) is 0 Å². The quantitative estimate of drug-likeness (QED) is 0.224. The molecule has 0 aromatic carbocycles. The molecule has 2 bridgehead atoms. The van der Waals surface area contributed by atoms with Gasteiger partial charge < -0.3 is 28.8 Å². The molecule has 9 heteroatoms. The minimum absolute atomic E-state index is 0.0578. The first-order chi connectivity index (χ1) is 17.6. The second-order valence-corrected chi connectivity index (χ2v) is 11.4. The molecule has 37 heavy (non-hydrogen) atoms. The van der Waals surface area contributed by atoms with E-state index in [2.05, 4.69) is 13.0 Å². The molecule has 0 amide bonds. The molecule has 5 aliphatic rings. The van der Waals surface area contributed by atoms with Gasteiger partial charge in [0.1, 0.15) is 11.7 Å². The van der Waals surface area contributed by atoms with Gasteiger partial charge in [-0.05, 0) is 32.1 Å². The molecule has 4 unspecified atom stereocenters. The van der Waals surface area contributed by atoms with Crippen LogP contribution in [-0.2, 0) is 38.1 Å². The predicted molar refractivity (Wildman–Crippen MR) is 130 cm³/mol. The summed E-state index contributed by atoms with van der Waals surface area (Å²) in [5.41, 5.74) is 0.0607. The minimum atomic E-state index is -1.27. The van der Waals surface area contributed by atoms with Crippen LogP contribution in [-0.4, -0.2) is 72.9 Å². The molecule has 1 N–H and O–H groups in total. The predicted octanol–water partition coefficient (Wildman–Crippen LogP) is 2.42. The van der Waals surface area contributed by atoms with E-state index in [1.54, 1.807) is 0 Å². The molecule has 5 rings (SSSR count). The summed E-state index contributed by atoms with van der Waals surface area (Å²) in [7, 11) is 0.